The number of amides is 1. The van der Waals surface area contributed by atoms with Crippen molar-refractivity contribution >= 4 is 44.0 Å². The number of nitrogens with zero attached hydrogens (tertiary/aromatic N) is 1. The van der Waals surface area contributed by atoms with E-state index in [1.807, 2.05) is 17.5 Å². The highest BCUT2D eigenvalue weighted by Gasteiger charge is 2.14. The third-order valence-electron chi connectivity index (χ3n) is 3.63. The third-order valence-corrected chi connectivity index (χ3v) is 6.20. The van der Waals surface area contributed by atoms with Gasteiger partial charge in [0.25, 0.3) is 5.91 Å². The van der Waals surface area contributed by atoms with E-state index in [-0.39, 0.29) is 10.8 Å². The van der Waals surface area contributed by atoms with Crippen LogP contribution in [0.1, 0.15) is 17.3 Å². The van der Waals surface area contributed by atoms with Gasteiger partial charge in [0.15, 0.2) is 5.13 Å². The molecule has 0 radical (unpaired) electrons. The number of rotatable bonds is 6. The third kappa shape index (κ3) is 4.72. The van der Waals surface area contributed by atoms with Gasteiger partial charge in [-0.15, -0.1) is 11.3 Å². The van der Waals surface area contributed by atoms with E-state index >= 15 is 0 Å². The number of nitrogens with one attached hydrogen (secondary N) is 2. The van der Waals surface area contributed by atoms with Crippen LogP contribution in [0.3, 0.4) is 0 Å². The minimum absolute atomic E-state index is 0.111. The van der Waals surface area contributed by atoms with E-state index in [4.69, 9.17) is 11.6 Å². The van der Waals surface area contributed by atoms with Crippen molar-refractivity contribution in [3.63, 3.8) is 0 Å². The van der Waals surface area contributed by atoms with Crippen molar-refractivity contribution in [3.05, 3.63) is 64.5 Å². The second kappa shape index (κ2) is 8.18. The minimum Gasteiger partial charge on any atom is -0.298 e. The van der Waals surface area contributed by atoms with Crippen LogP contribution in [0.15, 0.2) is 58.8 Å². The van der Waals surface area contributed by atoms with Gasteiger partial charge in [0.2, 0.25) is 10.0 Å². The number of halogens is 1. The van der Waals surface area contributed by atoms with Crippen LogP contribution >= 0.6 is 22.9 Å². The second-order valence-electron chi connectivity index (χ2n) is 5.52. The summed E-state index contributed by atoms with van der Waals surface area (Å²) in [6, 6.07) is 13.0. The van der Waals surface area contributed by atoms with E-state index in [9.17, 15) is 13.2 Å². The summed E-state index contributed by atoms with van der Waals surface area (Å²) in [6.45, 7) is 2.00. The molecular weight excluding hydrogens is 406 g/mol. The molecule has 0 aliphatic rings. The summed E-state index contributed by atoms with van der Waals surface area (Å²) in [6.07, 6.45) is 0. The van der Waals surface area contributed by atoms with Crippen LogP contribution in [-0.2, 0) is 10.0 Å². The van der Waals surface area contributed by atoms with Gasteiger partial charge in [-0.3, -0.25) is 10.1 Å². The van der Waals surface area contributed by atoms with Gasteiger partial charge >= 0.3 is 0 Å². The number of carbonyl (C=O) groups excluding carboxylic acids is 1. The van der Waals surface area contributed by atoms with Crippen LogP contribution in [0, 0.1) is 0 Å². The molecular formula is C18H16ClN3O3S2. The van der Waals surface area contributed by atoms with E-state index in [1.54, 1.807) is 19.1 Å². The van der Waals surface area contributed by atoms with Gasteiger partial charge < -0.3 is 0 Å². The van der Waals surface area contributed by atoms with Gasteiger partial charge in [-0.05, 0) is 36.4 Å². The molecule has 2 aromatic carbocycles. The molecule has 0 spiro atoms. The normalized spacial score (nSPS) is 11.3. The van der Waals surface area contributed by atoms with Crippen molar-refractivity contribution in [2.45, 2.75) is 11.8 Å². The van der Waals surface area contributed by atoms with Gasteiger partial charge in [0, 0.05) is 28.1 Å². The van der Waals surface area contributed by atoms with Crippen LogP contribution in [0.25, 0.3) is 11.3 Å². The largest absolute Gasteiger partial charge is 0.298 e. The van der Waals surface area contributed by atoms with Gasteiger partial charge in [0.1, 0.15) is 0 Å². The van der Waals surface area contributed by atoms with E-state index in [0.29, 0.717) is 22.3 Å². The van der Waals surface area contributed by atoms with Crippen LogP contribution in [0.5, 0.6) is 0 Å². The first-order valence-corrected chi connectivity index (χ1v) is 10.8. The minimum atomic E-state index is -3.54. The van der Waals surface area contributed by atoms with Gasteiger partial charge in [0.05, 0.1) is 10.6 Å². The maximum Gasteiger partial charge on any atom is 0.257 e. The lowest BCUT2D eigenvalue weighted by atomic mass is 10.2. The van der Waals surface area contributed by atoms with Crippen molar-refractivity contribution in [3.8, 4) is 11.3 Å². The maximum absolute atomic E-state index is 12.4. The monoisotopic (exact) mass is 421 g/mol. The maximum atomic E-state index is 12.4. The summed E-state index contributed by atoms with van der Waals surface area (Å²) < 4.78 is 26.3. The van der Waals surface area contributed by atoms with E-state index in [1.165, 1.54) is 35.6 Å². The Morgan fingerprint density at radius 3 is 2.41 bits per heavy atom. The standard InChI is InChI=1S/C18H16ClN3O3S2/c1-2-20-27(24,25)15-9-5-13(6-10-15)17(23)22-18-21-16(11-26-18)12-3-7-14(19)8-4-12/h3-11,20H,2H2,1H3,(H,21,22,23). The fourth-order valence-electron chi connectivity index (χ4n) is 2.31. The summed E-state index contributed by atoms with van der Waals surface area (Å²) in [5, 5.41) is 5.65. The smallest absolute Gasteiger partial charge is 0.257 e. The molecule has 0 saturated carbocycles. The van der Waals surface area contributed by atoms with Gasteiger partial charge in [-0.2, -0.15) is 0 Å². The van der Waals surface area contributed by atoms with E-state index in [2.05, 4.69) is 15.0 Å². The SMILES string of the molecule is CCNS(=O)(=O)c1ccc(C(=O)Nc2nc(-c3ccc(Cl)cc3)cs2)cc1. The quantitative estimate of drug-likeness (QED) is 0.629. The number of benzene rings is 2. The molecule has 0 aliphatic carbocycles. The first kappa shape index (κ1) is 19.5. The topological polar surface area (TPSA) is 88.2 Å². The Labute approximate surface area is 166 Å². The van der Waals surface area contributed by atoms with Gasteiger partial charge in [-0.25, -0.2) is 18.1 Å². The number of hydrogen-bond donors (Lipinski definition) is 2. The molecule has 1 heterocycles. The molecule has 1 aromatic heterocycles. The number of aromatic nitrogens is 1. The Kier molecular flexibility index (Phi) is 5.91. The zero-order valence-electron chi connectivity index (χ0n) is 14.3. The molecule has 0 bridgehead atoms. The Balaban J connectivity index is 1.71. The summed E-state index contributed by atoms with van der Waals surface area (Å²) in [4.78, 5) is 16.9. The molecule has 140 valence electrons. The van der Waals surface area contributed by atoms with Crippen LogP contribution in [-0.4, -0.2) is 25.9 Å². The Hall–Kier alpha value is -2.26. The molecule has 0 unspecified atom stereocenters. The molecule has 27 heavy (non-hydrogen) atoms. The summed E-state index contributed by atoms with van der Waals surface area (Å²) in [5.41, 5.74) is 1.97. The number of thiazole rings is 1. The number of hydrogen-bond acceptors (Lipinski definition) is 5. The molecule has 6 nitrogen and oxygen atoms in total. The summed E-state index contributed by atoms with van der Waals surface area (Å²) in [7, 11) is -3.54. The highest BCUT2D eigenvalue weighted by Crippen LogP contribution is 2.26. The average Bonchev–Trinajstić information content (AvgIpc) is 3.11. The highest BCUT2D eigenvalue weighted by atomic mass is 35.5. The fourth-order valence-corrected chi connectivity index (χ4v) is 4.19. The summed E-state index contributed by atoms with van der Waals surface area (Å²) >= 11 is 7.19. The molecule has 0 aliphatic heterocycles. The number of anilines is 1. The van der Waals surface area contributed by atoms with E-state index in [0.717, 1.165) is 11.3 Å². The summed E-state index contributed by atoms with van der Waals surface area (Å²) in [5.74, 6) is -0.362. The molecule has 0 atom stereocenters. The zero-order chi connectivity index (χ0) is 19.4. The lowest BCUT2D eigenvalue weighted by Gasteiger charge is -2.06. The molecule has 0 saturated heterocycles. The predicted octanol–water partition coefficient (Wildman–Crippen LogP) is 4.01. The highest BCUT2D eigenvalue weighted by molar-refractivity contribution is 7.89. The molecule has 0 fully saturated rings. The van der Waals surface area contributed by atoms with Crippen molar-refractivity contribution in [1.29, 1.82) is 0 Å². The average molecular weight is 422 g/mol. The van der Waals surface area contributed by atoms with Crippen LogP contribution in [0.4, 0.5) is 5.13 Å². The Morgan fingerprint density at radius 2 is 1.78 bits per heavy atom. The lowest BCUT2D eigenvalue weighted by molar-refractivity contribution is 0.102. The number of carbonyl (C=O) groups is 1. The molecule has 3 rings (SSSR count). The molecule has 9 heteroatoms. The second-order valence-corrected chi connectivity index (χ2v) is 8.59. The van der Waals surface area contributed by atoms with E-state index < -0.39 is 10.0 Å². The Morgan fingerprint density at radius 1 is 1.11 bits per heavy atom. The zero-order valence-corrected chi connectivity index (χ0v) is 16.7. The first-order valence-electron chi connectivity index (χ1n) is 8.01. The molecule has 1 amide bonds. The van der Waals surface area contributed by atoms with Crippen LogP contribution < -0.4 is 10.0 Å². The van der Waals surface area contributed by atoms with Crippen molar-refractivity contribution < 1.29 is 13.2 Å². The molecule has 2 N–H and O–H groups in total. The first-order chi connectivity index (χ1) is 12.9. The predicted molar refractivity (Wildman–Crippen MR) is 108 cm³/mol. The lowest BCUT2D eigenvalue weighted by Crippen LogP contribution is -2.23. The fraction of sp³-hybridized carbons (Fsp3) is 0.111. The Bertz CT molecular complexity index is 1050. The van der Waals surface area contributed by atoms with Crippen molar-refractivity contribution in [2.75, 3.05) is 11.9 Å². The number of sulfonamides is 1. The molecule has 3 aromatic rings. The van der Waals surface area contributed by atoms with Crippen molar-refractivity contribution in [2.24, 2.45) is 0 Å². The van der Waals surface area contributed by atoms with Crippen LogP contribution in [0.2, 0.25) is 5.02 Å². The van der Waals surface area contributed by atoms with Crippen molar-refractivity contribution in [1.82, 2.24) is 9.71 Å². The van der Waals surface area contributed by atoms with Gasteiger partial charge in [-0.1, -0.05) is 30.7 Å².